The number of aliphatic carboxylic acids is 1. The summed E-state index contributed by atoms with van der Waals surface area (Å²) in [6, 6.07) is 12.5. The third-order valence-corrected chi connectivity index (χ3v) is 5.32. The molecule has 0 fully saturated rings. The van der Waals surface area contributed by atoms with Crippen LogP contribution in [0.3, 0.4) is 0 Å². The molecular weight excluding hydrogens is 467 g/mol. The van der Waals surface area contributed by atoms with Crippen LogP contribution in [-0.2, 0) is 17.6 Å². The van der Waals surface area contributed by atoms with Crippen LogP contribution in [0, 0.1) is 0 Å². The predicted octanol–water partition coefficient (Wildman–Crippen LogP) is 3.87. The van der Waals surface area contributed by atoms with Gasteiger partial charge in [-0.2, -0.15) is 0 Å². The Morgan fingerprint density at radius 2 is 1.79 bits per heavy atom. The number of carboxylic acids is 1. The van der Waals surface area contributed by atoms with Gasteiger partial charge in [-0.3, -0.25) is 9.78 Å². The Kier molecular flexibility index (Phi) is 8.46. The van der Waals surface area contributed by atoms with Gasteiger partial charge in [-0.25, -0.2) is 9.78 Å². The molecule has 1 aromatic carbocycles. The zero-order valence-electron chi connectivity index (χ0n) is 17.7. The van der Waals surface area contributed by atoms with E-state index >= 15 is 0 Å². The van der Waals surface area contributed by atoms with Crippen LogP contribution in [0.25, 0.3) is 0 Å². The lowest BCUT2D eigenvalue weighted by Crippen LogP contribution is -2.42. The molecular formula is C23H22Cl2N4O4. The number of carboxylic acid groups (broad SMARTS) is 1. The highest BCUT2D eigenvalue weighted by Gasteiger charge is 2.24. The molecule has 8 nitrogen and oxygen atoms in total. The first-order valence-corrected chi connectivity index (χ1v) is 10.8. The van der Waals surface area contributed by atoms with Gasteiger partial charge in [0.15, 0.2) is 0 Å². The highest BCUT2D eigenvalue weighted by molar-refractivity contribution is 6.39. The van der Waals surface area contributed by atoms with Crippen LogP contribution in [0.5, 0.6) is 5.75 Å². The van der Waals surface area contributed by atoms with Crippen molar-refractivity contribution in [2.45, 2.75) is 18.9 Å². The van der Waals surface area contributed by atoms with Gasteiger partial charge in [0.1, 0.15) is 17.6 Å². The van der Waals surface area contributed by atoms with Crippen molar-refractivity contribution in [2.75, 3.05) is 19.0 Å². The van der Waals surface area contributed by atoms with Gasteiger partial charge in [-0.05, 0) is 36.4 Å². The molecule has 0 saturated carbocycles. The first-order valence-electron chi connectivity index (χ1n) is 10.1. The van der Waals surface area contributed by atoms with Gasteiger partial charge in [0.2, 0.25) is 0 Å². The molecule has 33 heavy (non-hydrogen) atoms. The third-order valence-electron chi connectivity index (χ3n) is 4.69. The molecule has 10 heteroatoms. The molecule has 0 aliphatic rings. The fourth-order valence-corrected chi connectivity index (χ4v) is 3.57. The maximum absolute atomic E-state index is 12.5. The van der Waals surface area contributed by atoms with E-state index in [9.17, 15) is 14.7 Å². The summed E-state index contributed by atoms with van der Waals surface area (Å²) in [6.45, 7) is 0.410. The maximum Gasteiger partial charge on any atom is 0.326 e. The molecule has 2 heterocycles. The molecule has 1 amide bonds. The van der Waals surface area contributed by atoms with E-state index < -0.39 is 17.9 Å². The summed E-state index contributed by atoms with van der Waals surface area (Å²) in [6.07, 6.45) is 2.11. The highest BCUT2D eigenvalue weighted by atomic mass is 35.5. The van der Waals surface area contributed by atoms with Crippen molar-refractivity contribution < 1.29 is 19.4 Å². The lowest BCUT2D eigenvalue weighted by atomic mass is 10.1. The number of rotatable bonds is 10. The molecule has 3 N–H and O–H groups in total. The van der Waals surface area contributed by atoms with E-state index in [1.807, 2.05) is 25.2 Å². The van der Waals surface area contributed by atoms with Crippen LogP contribution in [0.1, 0.15) is 21.7 Å². The van der Waals surface area contributed by atoms with E-state index in [2.05, 4.69) is 20.6 Å². The highest BCUT2D eigenvalue weighted by Crippen LogP contribution is 2.24. The topological polar surface area (TPSA) is 113 Å². The van der Waals surface area contributed by atoms with Crippen LogP contribution in [-0.4, -0.2) is 46.6 Å². The fraction of sp³-hybridized carbons (Fsp3) is 0.217. The molecule has 3 aromatic rings. The molecule has 0 radical (unpaired) electrons. The van der Waals surface area contributed by atoms with E-state index in [-0.39, 0.29) is 22.0 Å². The van der Waals surface area contributed by atoms with Gasteiger partial charge >= 0.3 is 5.97 Å². The van der Waals surface area contributed by atoms with Crippen LogP contribution in [0.15, 0.2) is 54.7 Å². The quantitative estimate of drug-likeness (QED) is 0.396. The van der Waals surface area contributed by atoms with Crippen LogP contribution in [0.2, 0.25) is 10.0 Å². The minimum atomic E-state index is -1.21. The number of carbonyl (C=O) groups is 2. The van der Waals surface area contributed by atoms with E-state index in [4.69, 9.17) is 27.9 Å². The third kappa shape index (κ3) is 6.81. The summed E-state index contributed by atoms with van der Waals surface area (Å²) in [5.74, 6) is -0.545. The number of nitrogens with one attached hydrogen (secondary N) is 2. The molecule has 2 aromatic heterocycles. The monoisotopic (exact) mass is 488 g/mol. The number of nitrogens with zero attached hydrogens (tertiary/aromatic N) is 2. The van der Waals surface area contributed by atoms with Crippen molar-refractivity contribution in [3.8, 4) is 5.75 Å². The number of pyridine rings is 2. The van der Waals surface area contributed by atoms with Crippen molar-refractivity contribution in [2.24, 2.45) is 0 Å². The minimum Gasteiger partial charge on any atom is -0.492 e. The molecule has 0 bridgehead atoms. The number of hydrogen-bond acceptors (Lipinski definition) is 6. The summed E-state index contributed by atoms with van der Waals surface area (Å²) in [4.78, 5) is 32.9. The number of benzene rings is 1. The number of hydrogen-bond donors (Lipinski definition) is 3. The lowest BCUT2D eigenvalue weighted by molar-refractivity contribution is -0.139. The Morgan fingerprint density at radius 1 is 1.06 bits per heavy atom. The fourth-order valence-electron chi connectivity index (χ4n) is 3.00. The molecule has 0 saturated heterocycles. The smallest absolute Gasteiger partial charge is 0.326 e. The molecule has 0 unspecified atom stereocenters. The Bertz CT molecular complexity index is 1110. The van der Waals surface area contributed by atoms with Crippen LogP contribution in [0.4, 0.5) is 5.82 Å². The van der Waals surface area contributed by atoms with Gasteiger partial charge in [0.25, 0.3) is 5.91 Å². The van der Waals surface area contributed by atoms with Gasteiger partial charge in [-0.1, -0.05) is 35.3 Å². The minimum absolute atomic E-state index is 0.0237. The second-order valence-electron chi connectivity index (χ2n) is 7.01. The van der Waals surface area contributed by atoms with Gasteiger partial charge in [0.05, 0.1) is 28.4 Å². The lowest BCUT2D eigenvalue weighted by Gasteiger charge is -2.15. The largest absolute Gasteiger partial charge is 0.492 e. The number of aromatic nitrogens is 2. The Balaban J connectivity index is 1.57. The summed E-state index contributed by atoms with van der Waals surface area (Å²) in [5.41, 5.74) is 1.40. The Hall–Kier alpha value is -3.36. The first-order chi connectivity index (χ1) is 15.9. The summed E-state index contributed by atoms with van der Waals surface area (Å²) in [5, 5.41) is 15.3. The van der Waals surface area contributed by atoms with Crippen molar-refractivity contribution >= 4 is 40.9 Å². The summed E-state index contributed by atoms with van der Waals surface area (Å²) < 4.78 is 5.70. The Morgan fingerprint density at radius 3 is 2.42 bits per heavy atom. The molecule has 1 atom stereocenters. The average molecular weight is 489 g/mol. The van der Waals surface area contributed by atoms with E-state index in [0.29, 0.717) is 24.5 Å². The van der Waals surface area contributed by atoms with Crippen LogP contribution >= 0.6 is 23.2 Å². The van der Waals surface area contributed by atoms with Crippen molar-refractivity contribution in [1.82, 2.24) is 15.3 Å². The molecule has 0 spiro atoms. The maximum atomic E-state index is 12.5. The van der Waals surface area contributed by atoms with Crippen molar-refractivity contribution in [3.05, 3.63) is 81.7 Å². The van der Waals surface area contributed by atoms with Crippen molar-refractivity contribution in [3.63, 3.8) is 0 Å². The molecule has 172 valence electrons. The Labute approximate surface area is 200 Å². The zero-order valence-corrected chi connectivity index (χ0v) is 19.2. The number of halogens is 2. The first kappa shape index (κ1) is 24.3. The summed E-state index contributed by atoms with van der Waals surface area (Å²) in [7, 11) is 1.81. The molecule has 0 aliphatic carbocycles. The second kappa shape index (κ2) is 11.5. The van der Waals surface area contributed by atoms with Crippen molar-refractivity contribution in [1.29, 1.82) is 0 Å². The summed E-state index contributed by atoms with van der Waals surface area (Å²) >= 11 is 12.1. The zero-order chi connectivity index (χ0) is 23.8. The SMILES string of the molecule is CNc1cccc(CCOc2ccc(C[C@H](NC(=O)c3c(Cl)cccc3Cl)C(=O)O)nc2)n1. The average Bonchev–Trinajstić information content (AvgIpc) is 2.79. The second-order valence-corrected chi connectivity index (χ2v) is 7.83. The van der Waals surface area contributed by atoms with Gasteiger partial charge in [-0.15, -0.1) is 0 Å². The molecule has 3 rings (SSSR count). The number of amides is 1. The number of carbonyl (C=O) groups excluding carboxylic acids is 1. The van der Waals surface area contributed by atoms with Gasteiger partial charge in [0, 0.05) is 31.3 Å². The van der Waals surface area contributed by atoms with Gasteiger partial charge < -0.3 is 20.5 Å². The van der Waals surface area contributed by atoms with E-state index in [1.54, 1.807) is 18.2 Å². The molecule has 0 aliphatic heterocycles. The standard InChI is InChI=1S/C23H22Cl2N4O4/c1-26-20-7-2-4-14(28-20)10-11-33-16-9-8-15(27-13-16)12-19(23(31)32)29-22(30)21-17(24)5-3-6-18(21)25/h2-9,13,19H,10-12H2,1H3,(H,26,28)(H,29,30)(H,31,32)/t19-/m0/s1. The van der Waals surface area contributed by atoms with Crippen LogP contribution < -0.4 is 15.4 Å². The normalized spacial score (nSPS) is 11.5. The predicted molar refractivity (Wildman–Crippen MR) is 126 cm³/mol. The van der Waals surface area contributed by atoms with E-state index in [1.165, 1.54) is 18.3 Å². The number of ether oxygens (including phenoxy) is 1. The number of anilines is 1. The van der Waals surface area contributed by atoms with E-state index in [0.717, 1.165) is 11.5 Å².